The van der Waals surface area contributed by atoms with E-state index in [0.29, 0.717) is 11.9 Å². The summed E-state index contributed by atoms with van der Waals surface area (Å²) in [6.07, 6.45) is 2.28. The Labute approximate surface area is 136 Å². The molecule has 1 aromatic carbocycles. The number of hydrogen-bond donors (Lipinski definition) is 0. The number of carbonyl (C=O) groups excluding carboxylic acids is 2. The fourth-order valence-electron chi connectivity index (χ4n) is 2.74. The zero-order valence-corrected chi connectivity index (χ0v) is 13.3. The lowest BCUT2D eigenvalue weighted by Crippen LogP contribution is -2.13. The van der Waals surface area contributed by atoms with E-state index in [9.17, 15) is 27.2 Å². The van der Waals surface area contributed by atoms with E-state index in [1.165, 1.54) is 0 Å². The average molecular weight is 344 g/mol. The average Bonchev–Trinajstić information content (AvgIpc) is 3.05. The molecule has 0 radical (unpaired) electrons. The minimum Gasteiger partial charge on any atom is -0.460 e. The van der Waals surface area contributed by atoms with E-state index in [2.05, 4.69) is 0 Å². The highest BCUT2D eigenvalue weighted by Crippen LogP contribution is 2.59. The summed E-state index contributed by atoms with van der Waals surface area (Å²) in [5, 5.41) is 0. The molecule has 1 aromatic rings. The molecule has 0 aliphatic heterocycles. The van der Waals surface area contributed by atoms with E-state index >= 15 is 0 Å². The van der Waals surface area contributed by atoms with Gasteiger partial charge in [-0.2, -0.15) is 0 Å². The molecule has 3 nitrogen and oxygen atoms in total. The van der Waals surface area contributed by atoms with Crippen LogP contribution in [0.3, 0.4) is 0 Å². The summed E-state index contributed by atoms with van der Waals surface area (Å²) in [5.74, 6) is -7.91. The first-order valence-corrected chi connectivity index (χ1v) is 7.23. The van der Waals surface area contributed by atoms with Gasteiger partial charge in [-0.05, 0) is 23.8 Å². The molecule has 24 heavy (non-hydrogen) atoms. The lowest BCUT2D eigenvalue weighted by molar-refractivity contribution is -0.147. The maximum atomic E-state index is 13.5. The van der Waals surface area contributed by atoms with Crippen LogP contribution in [0.5, 0.6) is 0 Å². The van der Waals surface area contributed by atoms with Crippen molar-refractivity contribution in [3.63, 3.8) is 0 Å². The summed E-state index contributed by atoms with van der Waals surface area (Å²) >= 11 is 0. The van der Waals surface area contributed by atoms with E-state index in [4.69, 9.17) is 4.74 Å². The van der Waals surface area contributed by atoms with Crippen LogP contribution < -0.4 is 0 Å². The number of hydrogen-bond acceptors (Lipinski definition) is 3. The molecule has 1 aliphatic rings. The standard InChI is InChI=1S/C17H16F4O3/c1-8(6-22)4-10-13(17(10,2)3)16(23)24-7-9-14(20)11(18)5-12(19)15(9)21/h4-6,10,13H,7H2,1-3H3/b8-4+. The Morgan fingerprint density at radius 1 is 1.21 bits per heavy atom. The Hall–Kier alpha value is -2.18. The molecule has 1 aliphatic carbocycles. The molecule has 0 bridgehead atoms. The van der Waals surface area contributed by atoms with E-state index in [0.717, 1.165) is 0 Å². The number of esters is 1. The van der Waals surface area contributed by atoms with Crippen LogP contribution in [0, 0.1) is 40.5 Å². The molecule has 2 rings (SSSR count). The van der Waals surface area contributed by atoms with Crippen molar-refractivity contribution < 1.29 is 31.9 Å². The van der Waals surface area contributed by atoms with Crippen LogP contribution in [0.2, 0.25) is 0 Å². The van der Waals surface area contributed by atoms with Crippen LogP contribution in [0.25, 0.3) is 0 Å². The number of carbonyl (C=O) groups is 2. The highest BCUT2D eigenvalue weighted by molar-refractivity contribution is 5.79. The lowest BCUT2D eigenvalue weighted by Gasteiger charge is -2.09. The number of ether oxygens (including phenoxy) is 1. The zero-order valence-electron chi connectivity index (χ0n) is 13.3. The van der Waals surface area contributed by atoms with Gasteiger partial charge < -0.3 is 4.74 Å². The fraction of sp³-hybridized carbons (Fsp3) is 0.412. The Morgan fingerprint density at radius 3 is 2.25 bits per heavy atom. The first kappa shape index (κ1) is 18.2. The van der Waals surface area contributed by atoms with Gasteiger partial charge in [0.25, 0.3) is 0 Å². The van der Waals surface area contributed by atoms with Gasteiger partial charge in [0, 0.05) is 6.07 Å². The zero-order chi connectivity index (χ0) is 18.2. The number of benzene rings is 1. The van der Waals surface area contributed by atoms with Crippen molar-refractivity contribution >= 4 is 12.3 Å². The highest BCUT2D eigenvalue weighted by atomic mass is 19.2. The number of rotatable bonds is 5. The first-order valence-electron chi connectivity index (χ1n) is 7.23. The summed E-state index contributed by atoms with van der Waals surface area (Å²) in [4.78, 5) is 22.8. The molecule has 1 saturated carbocycles. The largest absolute Gasteiger partial charge is 0.460 e. The third-order valence-corrected chi connectivity index (χ3v) is 4.35. The molecule has 1 fully saturated rings. The minimum absolute atomic E-state index is 0.0863. The fourth-order valence-corrected chi connectivity index (χ4v) is 2.74. The molecule has 0 amide bonds. The smallest absolute Gasteiger partial charge is 0.310 e. The Morgan fingerprint density at radius 2 is 1.75 bits per heavy atom. The van der Waals surface area contributed by atoms with Gasteiger partial charge in [0.05, 0.1) is 11.5 Å². The summed E-state index contributed by atoms with van der Waals surface area (Å²) in [5.41, 5.74) is -1.01. The molecule has 7 heteroatoms. The van der Waals surface area contributed by atoms with Gasteiger partial charge in [0.1, 0.15) is 12.9 Å². The Kier molecular flexibility index (Phi) is 4.82. The number of aldehydes is 1. The van der Waals surface area contributed by atoms with Crippen LogP contribution >= 0.6 is 0 Å². The molecule has 2 atom stereocenters. The maximum Gasteiger partial charge on any atom is 0.310 e. The van der Waals surface area contributed by atoms with Crippen LogP contribution in [0.1, 0.15) is 26.3 Å². The molecule has 130 valence electrons. The van der Waals surface area contributed by atoms with E-state index in [-0.39, 0.29) is 12.0 Å². The lowest BCUT2D eigenvalue weighted by atomic mass is 10.1. The summed E-state index contributed by atoms with van der Waals surface area (Å²) in [6.45, 7) is 4.23. The van der Waals surface area contributed by atoms with Gasteiger partial charge in [-0.3, -0.25) is 9.59 Å². The van der Waals surface area contributed by atoms with E-state index in [1.807, 2.05) is 0 Å². The van der Waals surface area contributed by atoms with Crippen molar-refractivity contribution in [2.24, 2.45) is 17.3 Å². The van der Waals surface area contributed by atoms with Crippen molar-refractivity contribution in [3.05, 3.63) is 46.5 Å². The molecule has 0 aromatic heterocycles. The van der Waals surface area contributed by atoms with E-state index < -0.39 is 52.7 Å². The number of halogens is 4. The topological polar surface area (TPSA) is 43.4 Å². The SMILES string of the molecule is C/C(C=O)=C\C1C(C(=O)OCc2c(F)c(F)cc(F)c2F)C1(C)C. The highest BCUT2D eigenvalue weighted by Gasteiger charge is 2.61. The van der Waals surface area contributed by atoms with Gasteiger partial charge >= 0.3 is 5.97 Å². The van der Waals surface area contributed by atoms with Gasteiger partial charge in [-0.25, -0.2) is 17.6 Å². The quantitative estimate of drug-likeness (QED) is 0.269. The molecule has 0 saturated heterocycles. The van der Waals surface area contributed by atoms with Crippen molar-refractivity contribution in [2.75, 3.05) is 0 Å². The molecule has 0 spiro atoms. The van der Waals surface area contributed by atoms with Crippen molar-refractivity contribution in [1.82, 2.24) is 0 Å². The second-order valence-corrected chi connectivity index (χ2v) is 6.41. The molecule has 0 N–H and O–H groups in total. The molecular weight excluding hydrogens is 328 g/mol. The van der Waals surface area contributed by atoms with Crippen LogP contribution in [0.15, 0.2) is 17.7 Å². The third kappa shape index (κ3) is 3.20. The third-order valence-electron chi connectivity index (χ3n) is 4.35. The second kappa shape index (κ2) is 6.37. The minimum atomic E-state index is -1.59. The first-order chi connectivity index (χ1) is 11.1. The molecule has 2 unspecified atom stereocenters. The number of allylic oxidation sites excluding steroid dienone is 2. The van der Waals surface area contributed by atoms with Crippen molar-refractivity contribution in [2.45, 2.75) is 27.4 Å². The Balaban J connectivity index is 2.12. The molecule has 0 heterocycles. The predicted molar refractivity (Wildman–Crippen MR) is 76.7 cm³/mol. The van der Waals surface area contributed by atoms with Crippen LogP contribution in [0.4, 0.5) is 17.6 Å². The predicted octanol–water partition coefficient (Wildman–Crippen LogP) is 3.70. The van der Waals surface area contributed by atoms with Crippen molar-refractivity contribution in [1.29, 1.82) is 0 Å². The van der Waals surface area contributed by atoms with Crippen LogP contribution in [-0.4, -0.2) is 12.3 Å². The van der Waals surface area contributed by atoms with Gasteiger partial charge in [-0.15, -0.1) is 0 Å². The summed E-state index contributed by atoms with van der Waals surface area (Å²) in [6, 6.07) is 0.0863. The second-order valence-electron chi connectivity index (χ2n) is 6.41. The molecular formula is C17H16F4O3. The van der Waals surface area contributed by atoms with Crippen molar-refractivity contribution in [3.8, 4) is 0 Å². The van der Waals surface area contributed by atoms with Gasteiger partial charge in [-0.1, -0.05) is 19.9 Å². The monoisotopic (exact) mass is 344 g/mol. The summed E-state index contributed by atoms with van der Waals surface area (Å²) in [7, 11) is 0. The summed E-state index contributed by atoms with van der Waals surface area (Å²) < 4.78 is 58.1. The van der Waals surface area contributed by atoms with Crippen LogP contribution in [-0.2, 0) is 20.9 Å². The Bertz CT molecular complexity index is 699. The van der Waals surface area contributed by atoms with Gasteiger partial charge in [0.15, 0.2) is 23.3 Å². The van der Waals surface area contributed by atoms with E-state index in [1.54, 1.807) is 26.8 Å². The maximum absolute atomic E-state index is 13.5. The normalized spacial score (nSPS) is 22.2. The van der Waals surface area contributed by atoms with Gasteiger partial charge in [0.2, 0.25) is 0 Å².